The van der Waals surface area contributed by atoms with Gasteiger partial charge < -0.3 is 0 Å². The normalized spacial score (nSPS) is 31.9. The van der Waals surface area contributed by atoms with Gasteiger partial charge in [0.1, 0.15) is 0 Å². The zero-order chi connectivity index (χ0) is 19.7. The van der Waals surface area contributed by atoms with Crippen LogP contribution in [0.1, 0.15) is 29.8 Å². The van der Waals surface area contributed by atoms with E-state index in [1.807, 2.05) is 18.2 Å². The maximum absolute atomic E-state index is 13.7. The number of benzene rings is 2. The Morgan fingerprint density at radius 3 is 2.15 bits per heavy atom. The van der Waals surface area contributed by atoms with Gasteiger partial charge in [-0.15, -0.1) is 0 Å². The van der Waals surface area contributed by atoms with Gasteiger partial charge in [-0.25, -0.2) is 0 Å². The standard InChI is InChI=1S/C19H21O7P/c1-12(20)18(2)19(26-27(22-3,23-4,24-5)25-18)15-11-7-9-13-8-6-10-14(16(13)15)17(19)21/h6-11H,1-5H3. The van der Waals surface area contributed by atoms with Crippen LogP contribution in [0.5, 0.6) is 0 Å². The summed E-state index contributed by atoms with van der Waals surface area (Å²) in [7, 11) is -0.764. The van der Waals surface area contributed by atoms with Crippen LogP contribution in [-0.2, 0) is 33.0 Å². The number of Topliss-reactive ketones (excluding diaryl/α,β-unsaturated/α-hetero) is 2. The molecule has 2 aliphatic rings. The van der Waals surface area contributed by atoms with Crippen molar-refractivity contribution in [1.82, 2.24) is 0 Å². The third kappa shape index (κ3) is 1.92. The monoisotopic (exact) mass is 392 g/mol. The molecular formula is C19H21O7P. The molecule has 4 rings (SSSR count). The van der Waals surface area contributed by atoms with E-state index in [2.05, 4.69) is 0 Å². The fraction of sp³-hybridized carbons (Fsp3) is 0.368. The van der Waals surface area contributed by atoms with Crippen LogP contribution in [0.3, 0.4) is 0 Å². The molecule has 1 fully saturated rings. The van der Waals surface area contributed by atoms with Crippen molar-refractivity contribution < 1.29 is 32.2 Å². The van der Waals surface area contributed by atoms with E-state index in [1.54, 1.807) is 18.2 Å². The van der Waals surface area contributed by atoms with Crippen molar-refractivity contribution in [3.8, 4) is 0 Å². The van der Waals surface area contributed by atoms with Crippen LogP contribution in [-0.4, -0.2) is 38.5 Å². The Bertz CT molecular complexity index is 982. The van der Waals surface area contributed by atoms with Crippen LogP contribution in [0.25, 0.3) is 10.8 Å². The molecule has 1 saturated heterocycles. The molecule has 0 bridgehead atoms. The van der Waals surface area contributed by atoms with E-state index in [0.717, 1.165) is 10.8 Å². The molecule has 1 aliphatic heterocycles. The summed E-state index contributed by atoms with van der Waals surface area (Å²) in [5.74, 6) is -0.789. The molecule has 0 radical (unpaired) electrons. The Kier molecular flexibility index (Phi) is 3.73. The number of hydrogen-bond acceptors (Lipinski definition) is 7. The topological polar surface area (TPSA) is 80.3 Å². The number of carbonyl (C=O) groups is 2. The molecule has 0 saturated carbocycles. The van der Waals surface area contributed by atoms with E-state index >= 15 is 0 Å². The van der Waals surface area contributed by atoms with E-state index in [4.69, 9.17) is 22.6 Å². The van der Waals surface area contributed by atoms with Crippen molar-refractivity contribution in [1.29, 1.82) is 0 Å². The van der Waals surface area contributed by atoms with Gasteiger partial charge in [-0.3, -0.25) is 0 Å². The molecule has 8 heteroatoms. The van der Waals surface area contributed by atoms with E-state index in [9.17, 15) is 9.59 Å². The van der Waals surface area contributed by atoms with Crippen molar-refractivity contribution in [3.63, 3.8) is 0 Å². The van der Waals surface area contributed by atoms with Gasteiger partial charge in [0.15, 0.2) is 0 Å². The predicted molar refractivity (Wildman–Crippen MR) is 99.2 cm³/mol. The third-order valence-corrected chi connectivity index (χ3v) is 8.73. The molecule has 27 heavy (non-hydrogen) atoms. The number of hydrogen-bond donors (Lipinski definition) is 0. The van der Waals surface area contributed by atoms with Crippen molar-refractivity contribution in [2.45, 2.75) is 25.0 Å². The van der Waals surface area contributed by atoms with Crippen LogP contribution in [0.4, 0.5) is 0 Å². The van der Waals surface area contributed by atoms with Crippen molar-refractivity contribution in [2.24, 2.45) is 0 Å². The molecule has 1 spiro atoms. The van der Waals surface area contributed by atoms with E-state index in [0.29, 0.717) is 11.1 Å². The summed E-state index contributed by atoms with van der Waals surface area (Å²) in [5, 5.41) is 1.59. The average Bonchev–Trinajstić information content (AvgIpc) is 3.09. The summed E-state index contributed by atoms with van der Waals surface area (Å²) in [6.07, 6.45) is 0. The molecule has 2 aromatic carbocycles. The average molecular weight is 392 g/mol. The Morgan fingerprint density at radius 1 is 1.00 bits per heavy atom. The molecule has 0 N–H and O–H groups in total. The van der Waals surface area contributed by atoms with Gasteiger partial charge in [0.25, 0.3) is 0 Å². The quantitative estimate of drug-likeness (QED) is 0.734. The van der Waals surface area contributed by atoms with Crippen molar-refractivity contribution in [3.05, 3.63) is 47.5 Å². The number of carbonyl (C=O) groups excluding carboxylic acids is 2. The number of ketones is 2. The van der Waals surface area contributed by atoms with Gasteiger partial charge >= 0.3 is 156 Å². The van der Waals surface area contributed by atoms with Gasteiger partial charge in [-0.05, 0) is 0 Å². The van der Waals surface area contributed by atoms with Crippen molar-refractivity contribution >= 4 is 30.1 Å². The molecule has 7 nitrogen and oxygen atoms in total. The summed E-state index contributed by atoms with van der Waals surface area (Å²) >= 11 is 0. The van der Waals surface area contributed by atoms with E-state index in [-0.39, 0.29) is 5.78 Å². The molecule has 0 amide bonds. The summed E-state index contributed by atoms with van der Waals surface area (Å²) in [6, 6.07) is 10.9. The second kappa shape index (κ2) is 5.41. The SMILES string of the molecule is COP1(OC)(OC)OC(C)(C(C)=O)C2(O1)C(=O)c1cccc3cccc2c13. The number of fused-ring (bicyclic) bond motifs is 1. The Morgan fingerprint density at radius 2 is 1.59 bits per heavy atom. The molecule has 1 aliphatic carbocycles. The number of rotatable bonds is 4. The predicted octanol–water partition coefficient (Wildman–Crippen LogP) is 3.69. The Hall–Kier alpha value is -1.73. The third-order valence-electron chi connectivity index (χ3n) is 5.70. The second-order valence-electron chi connectivity index (χ2n) is 6.78. The fourth-order valence-electron chi connectivity index (χ4n) is 4.15. The van der Waals surface area contributed by atoms with Gasteiger partial charge in [0.05, 0.1) is 0 Å². The molecule has 2 atom stereocenters. The summed E-state index contributed by atoms with van der Waals surface area (Å²) in [4.78, 5) is 26.5. The maximum atomic E-state index is 13.7. The molecule has 2 aromatic rings. The van der Waals surface area contributed by atoms with Gasteiger partial charge in [0.2, 0.25) is 0 Å². The summed E-state index contributed by atoms with van der Waals surface area (Å²) in [6.45, 7) is 2.86. The van der Waals surface area contributed by atoms with Crippen LogP contribution in [0, 0.1) is 0 Å². The minimum atomic E-state index is -4.67. The second-order valence-corrected chi connectivity index (χ2v) is 9.74. The Labute approximate surface area is 156 Å². The summed E-state index contributed by atoms with van der Waals surface area (Å²) < 4.78 is 28.8. The van der Waals surface area contributed by atoms with E-state index < -0.39 is 24.7 Å². The first-order valence-corrected chi connectivity index (χ1v) is 10.3. The fourth-order valence-corrected chi connectivity index (χ4v) is 6.74. The first kappa shape index (κ1) is 18.6. The van der Waals surface area contributed by atoms with Gasteiger partial charge in [0, 0.05) is 0 Å². The molecule has 1 heterocycles. The molecule has 144 valence electrons. The molecular weight excluding hydrogens is 371 g/mol. The van der Waals surface area contributed by atoms with Gasteiger partial charge in [-0.2, -0.15) is 0 Å². The van der Waals surface area contributed by atoms with Crippen LogP contribution in [0.2, 0.25) is 0 Å². The Balaban J connectivity index is 2.12. The van der Waals surface area contributed by atoms with E-state index in [1.165, 1.54) is 35.2 Å². The first-order valence-electron chi connectivity index (χ1n) is 8.44. The first-order chi connectivity index (χ1) is 12.7. The summed E-state index contributed by atoms with van der Waals surface area (Å²) in [5.41, 5.74) is -2.49. The van der Waals surface area contributed by atoms with Crippen LogP contribution in [0.15, 0.2) is 36.4 Å². The van der Waals surface area contributed by atoms with Crippen LogP contribution < -0.4 is 0 Å². The van der Waals surface area contributed by atoms with Gasteiger partial charge in [-0.1, -0.05) is 0 Å². The zero-order valence-corrected chi connectivity index (χ0v) is 16.7. The molecule has 2 unspecified atom stereocenters. The zero-order valence-electron chi connectivity index (χ0n) is 15.8. The minimum absolute atomic E-state index is 0.385. The van der Waals surface area contributed by atoms with Crippen molar-refractivity contribution in [2.75, 3.05) is 21.3 Å². The van der Waals surface area contributed by atoms with Crippen LogP contribution >= 0.6 is 7.74 Å². The molecule has 0 aromatic heterocycles.